The Morgan fingerprint density at radius 3 is 2.89 bits per heavy atom. The molecule has 0 radical (unpaired) electrons. The molecular formula is C15H19N3O. The second-order valence-electron chi connectivity index (χ2n) is 5.09. The zero-order valence-corrected chi connectivity index (χ0v) is 11.0. The van der Waals surface area contributed by atoms with E-state index in [0.29, 0.717) is 6.04 Å². The monoisotopic (exact) mass is 257 g/mol. The van der Waals surface area contributed by atoms with Crippen LogP contribution in [0, 0.1) is 0 Å². The first-order valence-corrected chi connectivity index (χ1v) is 6.99. The fraction of sp³-hybridized carbons (Fsp3) is 0.467. The Morgan fingerprint density at radius 2 is 2.11 bits per heavy atom. The van der Waals surface area contributed by atoms with Crippen LogP contribution in [0.1, 0.15) is 30.1 Å². The summed E-state index contributed by atoms with van der Waals surface area (Å²) in [4.78, 5) is 4.47. The van der Waals surface area contributed by atoms with Gasteiger partial charge in [0.15, 0.2) is 5.82 Å². The Balaban J connectivity index is 1.53. The van der Waals surface area contributed by atoms with Gasteiger partial charge in [0, 0.05) is 18.9 Å². The number of benzene rings is 1. The van der Waals surface area contributed by atoms with Crippen LogP contribution >= 0.6 is 0 Å². The van der Waals surface area contributed by atoms with Crippen molar-refractivity contribution in [3.05, 3.63) is 47.6 Å². The SMILES string of the molecule is c1ccc(CCc2noc(CC3CCCN3)n2)cc1. The molecule has 1 aromatic heterocycles. The van der Waals surface area contributed by atoms with Crippen molar-refractivity contribution in [1.29, 1.82) is 0 Å². The Morgan fingerprint density at radius 1 is 1.21 bits per heavy atom. The molecule has 4 nitrogen and oxygen atoms in total. The van der Waals surface area contributed by atoms with E-state index in [1.807, 2.05) is 6.07 Å². The number of nitrogens with one attached hydrogen (secondary N) is 1. The summed E-state index contributed by atoms with van der Waals surface area (Å²) in [7, 11) is 0. The van der Waals surface area contributed by atoms with Crippen molar-refractivity contribution in [3.63, 3.8) is 0 Å². The van der Waals surface area contributed by atoms with Crippen LogP contribution in [0.2, 0.25) is 0 Å². The lowest BCUT2D eigenvalue weighted by Crippen LogP contribution is -2.23. The molecule has 0 aliphatic carbocycles. The van der Waals surface area contributed by atoms with Gasteiger partial charge in [-0.1, -0.05) is 35.5 Å². The van der Waals surface area contributed by atoms with Crippen molar-refractivity contribution in [2.75, 3.05) is 6.54 Å². The highest BCUT2D eigenvalue weighted by Crippen LogP contribution is 2.11. The number of aromatic nitrogens is 2. The summed E-state index contributed by atoms with van der Waals surface area (Å²) >= 11 is 0. The number of rotatable bonds is 5. The highest BCUT2D eigenvalue weighted by molar-refractivity contribution is 5.15. The summed E-state index contributed by atoms with van der Waals surface area (Å²) in [5, 5.41) is 7.50. The fourth-order valence-corrected chi connectivity index (χ4v) is 2.52. The van der Waals surface area contributed by atoms with E-state index in [9.17, 15) is 0 Å². The van der Waals surface area contributed by atoms with E-state index in [1.54, 1.807) is 0 Å². The minimum Gasteiger partial charge on any atom is -0.339 e. The molecule has 3 rings (SSSR count). The third kappa shape index (κ3) is 3.41. The van der Waals surface area contributed by atoms with E-state index >= 15 is 0 Å². The van der Waals surface area contributed by atoms with Crippen LogP contribution in [-0.2, 0) is 19.3 Å². The zero-order valence-electron chi connectivity index (χ0n) is 11.0. The van der Waals surface area contributed by atoms with Crippen molar-refractivity contribution in [2.45, 2.75) is 38.1 Å². The molecule has 2 aromatic rings. The van der Waals surface area contributed by atoms with Crippen molar-refractivity contribution in [3.8, 4) is 0 Å². The molecular weight excluding hydrogens is 238 g/mol. The number of aryl methyl sites for hydroxylation is 2. The van der Waals surface area contributed by atoms with E-state index in [1.165, 1.54) is 18.4 Å². The first kappa shape index (κ1) is 12.4. The Bertz CT molecular complexity index is 503. The summed E-state index contributed by atoms with van der Waals surface area (Å²) in [6.45, 7) is 1.11. The molecule has 0 amide bonds. The van der Waals surface area contributed by atoms with Crippen LogP contribution in [-0.4, -0.2) is 22.7 Å². The first-order valence-electron chi connectivity index (χ1n) is 6.99. The smallest absolute Gasteiger partial charge is 0.228 e. The largest absolute Gasteiger partial charge is 0.339 e. The van der Waals surface area contributed by atoms with Gasteiger partial charge in [0.25, 0.3) is 0 Å². The van der Waals surface area contributed by atoms with Gasteiger partial charge in [-0.15, -0.1) is 0 Å². The lowest BCUT2D eigenvalue weighted by molar-refractivity contribution is 0.359. The first-order chi connectivity index (χ1) is 9.40. The van der Waals surface area contributed by atoms with Gasteiger partial charge in [0.2, 0.25) is 5.89 Å². The second kappa shape index (κ2) is 5.97. The maximum absolute atomic E-state index is 5.31. The third-order valence-electron chi connectivity index (χ3n) is 3.57. The lowest BCUT2D eigenvalue weighted by Gasteiger charge is -2.04. The molecule has 100 valence electrons. The van der Waals surface area contributed by atoms with E-state index in [-0.39, 0.29) is 0 Å². The fourth-order valence-electron chi connectivity index (χ4n) is 2.52. The molecule has 1 N–H and O–H groups in total. The van der Waals surface area contributed by atoms with Crippen LogP contribution in [0.3, 0.4) is 0 Å². The van der Waals surface area contributed by atoms with Gasteiger partial charge in [-0.3, -0.25) is 0 Å². The van der Waals surface area contributed by atoms with E-state index < -0.39 is 0 Å². The summed E-state index contributed by atoms with van der Waals surface area (Å²) in [6, 6.07) is 10.9. The van der Waals surface area contributed by atoms with Gasteiger partial charge in [-0.05, 0) is 31.4 Å². The maximum Gasteiger partial charge on any atom is 0.228 e. The normalized spacial score (nSPS) is 18.8. The molecule has 0 bridgehead atoms. The average molecular weight is 257 g/mol. The summed E-state index contributed by atoms with van der Waals surface area (Å²) in [6.07, 6.45) is 5.12. The molecule has 2 heterocycles. The maximum atomic E-state index is 5.31. The van der Waals surface area contributed by atoms with Crippen LogP contribution in [0.25, 0.3) is 0 Å². The number of nitrogens with zero attached hydrogens (tertiary/aromatic N) is 2. The standard InChI is InChI=1S/C15H19N3O/c1-2-5-12(6-3-1)8-9-14-17-15(19-18-14)11-13-7-4-10-16-13/h1-3,5-6,13,16H,4,7-11H2. The molecule has 0 saturated carbocycles. The van der Waals surface area contributed by atoms with Crippen LogP contribution < -0.4 is 5.32 Å². The lowest BCUT2D eigenvalue weighted by atomic mass is 10.1. The Hall–Kier alpha value is -1.68. The molecule has 1 atom stereocenters. The predicted molar refractivity (Wildman–Crippen MR) is 72.9 cm³/mol. The van der Waals surface area contributed by atoms with Gasteiger partial charge in [0.05, 0.1) is 0 Å². The zero-order chi connectivity index (χ0) is 12.9. The van der Waals surface area contributed by atoms with E-state index in [0.717, 1.165) is 37.5 Å². The minimum absolute atomic E-state index is 0.516. The Labute approximate surface area is 113 Å². The molecule has 0 spiro atoms. The highest BCUT2D eigenvalue weighted by atomic mass is 16.5. The quantitative estimate of drug-likeness (QED) is 0.891. The van der Waals surface area contributed by atoms with Crippen LogP contribution in [0.5, 0.6) is 0 Å². The van der Waals surface area contributed by atoms with Crippen molar-refractivity contribution in [1.82, 2.24) is 15.5 Å². The summed E-state index contributed by atoms with van der Waals surface area (Å²) in [5.74, 6) is 1.58. The van der Waals surface area contributed by atoms with Crippen molar-refractivity contribution >= 4 is 0 Å². The van der Waals surface area contributed by atoms with Crippen molar-refractivity contribution < 1.29 is 4.52 Å². The van der Waals surface area contributed by atoms with Crippen molar-refractivity contribution in [2.24, 2.45) is 0 Å². The molecule has 19 heavy (non-hydrogen) atoms. The summed E-state index contributed by atoms with van der Waals surface area (Å²) < 4.78 is 5.31. The van der Waals surface area contributed by atoms with E-state index in [4.69, 9.17) is 4.52 Å². The van der Waals surface area contributed by atoms with Gasteiger partial charge in [-0.25, -0.2) is 0 Å². The predicted octanol–water partition coefficient (Wildman–Crippen LogP) is 2.15. The molecule has 1 aliphatic heterocycles. The topological polar surface area (TPSA) is 51.0 Å². The average Bonchev–Trinajstić information content (AvgIpc) is 3.10. The summed E-state index contributed by atoms with van der Waals surface area (Å²) in [5.41, 5.74) is 1.31. The minimum atomic E-state index is 0.516. The van der Waals surface area contributed by atoms with Gasteiger partial charge >= 0.3 is 0 Å². The van der Waals surface area contributed by atoms with Crippen LogP contribution in [0.4, 0.5) is 0 Å². The molecule has 1 aromatic carbocycles. The van der Waals surface area contributed by atoms with Gasteiger partial charge in [-0.2, -0.15) is 4.98 Å². The molecule has 1 aliphatic rings. The van der Waals surface area contributed by atoms with E-state index in [2.05, 4.69) is 39.7 Å². The van der Waals surface area contributed by atoms with Gasteiger partial charge in [0.1, 0.15) is 0 Å². The van der Waals surface area contributed by atoms with Gasteiger partial charge < -0.3 is 9.84 Å². The molecule has 1 saturated heterocycles. The van der Waals surface area contributed by atoms with Crippen LogP contribution in [0.15, 0.2) is 34.9 Å². The highest BCUT2D eigenvalue weighted by Gasteiger charge is 2.17. The Kier molecular flexibility index (Phi) is 3.89. The molecule has 4 heteroatoms. The molecule has 1 unspecified atom stereocenters. The third-order valence-corrected chi connectivity index (χ3v) is 3.57. The molecule has 1 fully saturated rings. The number of hydrogen-bond acceptors (Lipinski definition) is 4. The number of hydrogen-bond donors (Lipinski definition) is 1. The second-order valence-corrected chi connectivity index (χ2v) is 5.09.